The summed E-state index contributed by atoms with van der Waals surface area (Å²) in [6, 6.07) is 11.3. The first kappa shape index (κ1) is 21.6. The number of halogens is 1. The first-order valence-corrected chi connectivity index (χ1v) is 11.1. The van der Waals surface area contributed by atoms with Crippen LogP contribution in [-0.2, 0) is 9.59 Å². The maximum Gasteiger partial charge on any atom is 0.282 e. The van der Waals surface area contributed by atoms with Crippen molar-refractivity contribution in [2.45, 2.75) is 27.7 Å². The number of hydrogen-bond donors (Lipinski definition) is 0. The van der Waals surface area contributed by atoms with Crippen LogP contribution in [0.3, 0.4) is 0 Å². The summed E-state index contributed by atoms with van der Waals surface area (Å²) >= 11 is 6.32. The largest absolute Gasteiger partial charge is 0.364 e. The second-order valence-electron chi connectivity index (χ2n) is 8.34. The van der Waals surface area contributed by atoms with E-state index in [1.807, 2.05) is 39.0 Å². The molecular weight excluding hydrogens is 410 g/mol. The molecule has 0 unspecified atom stereocenters. The van der Waals surface area contributed by atoms with Crippen molar-refractivity contribution in [1.82, 2.24) is 9.80 Å². The molecule has 2 aliphatic heterocycles. The number of benzene rings is 2. The summed E-state index contributed by atoms with van der Waals surface area (Å²) in [6.07, 6.45) is 0. The molecule has 2 aromatic carbocycles. The molecule has 2 aromatic rings. The van der Waals surface area contributed by atoms with Crippen molar-refractivity contribution in [3.63, 3.8) is 0 Å². The topological polar surface area (TPSA) is 43.9 Å². The summed E-state index contributed by atoms with van der Waals surface area (Å²) in [5.41, 5.74) is 5.34. The van der Waals surface area contributed by atoms with E-state index in [4.69, 9.17) is 11.6 Å². The predicted molar refractivity (Wildman–Crippen MR) is 125 cm³/mol. The fraction of sp³-hybridized carbons (Fsp3) is 0.360. The summed E-state index contributed by atoms with van der Waals surface area (Å²) < 4.78 is 0. The predicted octanol–water partition coefficient (Wildman–Crippen LogP) is 4.19. The molecular formula is C25H28ClN3O2. The van der Waals surface area contributed by atoms with E-state index in [-0.39, 0.29) is 11.8 Å². The number of piperazine rings is 1. The number of aryl methyl sites for hydroxylation is 3. The third-order valence-corrected chi connectivity index (χ3v) is 6.67. The van der Waals surface area contributed by atoms with Gasteiger partial charge in [-0.25, -0.2) is 4.90 Å². The summed E-state index contributed by atoms with van der Waals surface area (Å²) in [4.78, 5) is 33.1. The minimum atomic E-state index is -0.287. The zero-order valence-corrected chi connectivity index (χ0v) is 19.3. The van der Waals surface area contributed by atoms with Crippen LogP contribution < -0.4 is 4.90 Å². The zero-order valence-electron chi connectivity index (χ0n) is 18.5. The first-order chi connectivity index (χ1) is 14.8. The number of nitrogens with zero attached hydrogens (tertiary/aromatic N) is 3. The van der Waals surface area contributed by atoms with E-state index in [1.54, 1.807) is 12.1 Å². The average Bonchev–Trinajstić information content (AvgIpc) is 3.00. The summed E-state index contributed by atoms with van der Waals surface area (Å²) in [5, 5.41) is 0.538. The molecule has 2 aliphatic rings. The number of carbonyl (C=O) groups excluding carboxylic acids is 2. The molecule has 6 heteroatoms. The van der Waals surface area contributed by atoms with Crippen molar-refractivity contribution in [3.8, 4) is 0 Å². The van der Waals surface area contributed by atoms with Crippen LogP contribution >= 0.6 is 11.6 Å². The van der Waals surface area contributed by atoms with Gasteiger partial charge in [-0.1, -0.05) is 48.4 Å². The van der Waals surface area contributed by atoms with Gasteiger partial charge in [0, 0.05) is 31.2 Å². The number of hydrogen-bond acceptors (Lipinski definition) is 4. The van der Waals surface area contributed by atoms with Crippen LogP contribution in [0.5, 0.6) is 0 Å². The van der Waals surface area contributed by atoms with E-state index in [0.717, 1.165) is 55.0 Å². The highest BCUT2D eigenvalue weighted by molar-refractivity contribution is 6.45. The number of anilines is 1. The number of carbonyl (C=O) groups is 2. The molecule has 0 aromatic heterocycles. The molecule has 162 valence electrons. The standard InChI is InChI=1S/C25H28ClN3O2/c1-5-27-10-12-28(13-11-27)23-22(20-9-6-16(2)14-18(20)4)24(30)29(25(23)31)19-8-7-17(3)21(26)15-19/h6-9,14-15H,5,10-13H2,1-4H3. The highest BCUT2D eigenvalue weighted by Crippen LogP contribution is 2.37. The lowest BCUT2D eigenvalue weighted by atomic mass is 9.97. The van der Waals surface area contributed by atoms with Crippen molar-refractivity contribution < 1.29 is 9.59 Å². The van der Waals surface area contributed by atoms with E-state index in [1.165, 1.54) is 4.90 Å². The smallest absolute Gasteiger partial charge is 0.282 e. The number of imide groups is 1. The lowest BCUT2D eigenvalue weighted by Crippen LogP contribution is -2.47. The molecule has 0 atom stereocenters. The Morgan fingerprint density at radius 3 is 2.19 bits per heavy atom. The van der Waals surface area contributed by atoms with E-state index < -0.39 is 0 Å². The van der Waals surface area contributed by atoms with Gasteiger partial charge >= 0.3 is 0 Å². The zero-order chi connectivity index (χ0) is 22.3. The van der Waals surface area contributed by atoms with Crippen LogP contribution in [0.15, 0.2) is 42.1 Å². The van der Waals surface area contributed by atoms with E-state index in [2.05, 4.69) is 22.8 Å². The maximum atomic E-state index is 13.7. The fourth-order valence-corrected chi connectivity index (χ4v) is 4.57. The summed E-state index contributed by atoms with van der Waals surface area (Å²) in [7, 11) is 0. The van der Waals surface area contributed by atoms with Crippen molar-refractivity contribution in [2.75, 3.05) is 37.6 Å². The third-order valence-electron chi connectivity index (χ3n) is 6.26. The molecule has 2 amide bonds. The molecule has 0 N–H and O–H groups in total. The molecule has 0 aliphatic carbocycles. The van der Waals surface area contributed by atoms with Gasteiger partial charge in [-0.05, 0) is 56.1 Å². The first-order valence-electron chi connectivity index (χ1n) is 10.8. The molecule has 2 heterocycles. The minimum absolute atomic E-state index is 0.273. The Kier molecular flexibility index (Phi) is 5.91. The van der Waals surface area contributed by atoms with Gasteiger partial charge in [0.1, 0.15) is 5.70 Å². The second-order valence-corrected chi connectivity index (χ2v) is 8.75. The van der Waals surface area contributed by atoms with Crippen molar-refractivity contribution in [3.05, 3.63) is 69.4 Å². The van der Waals surface area contributed by atoms with Crippen molar-refractivity contribution in [1.29, 1.82) is 0 Å². The number of amides is 2. The van der Waals surface area contributed by atoms with Crippen LogP contribution in [0.1, 0.15) is 29.2 Å². The Balaban J connectivity index is 1.82. The molecule has 0 saturated carbocycles. The average molecular weight is 438 g/mol. The molecule has 31 heavy (non-hydrogen) atoms. The van der Waals surface area contributed by atoms with Crippen LogP contribution in [-0.4, -0.2) is 54.3 Å². The molecule has 5 nitrogen and oxygen atoms in total. The lowest BCUT2D eigenvalue weighted by Gasteiger charge is -2.36. The highest BCUT2D eigenvalue weighted by Gasteiger charge is 2.43. The SMILES string of the molecule is CCN1CCN(C2=C(c3ccc(C)cc3C)C(=O)N(c3ccc(C)c(Cl)c3)C2=O)CC1. The second kappa shape index (κ2) is 8.48. The Morgan fingerprint density at radius 1 is 0.871 bits per heavy atom. The van der Waals surface area contributed by atoms with Gasteiger partial charge in [0.25, 0.3) is 11.8 Å². The minimum Gasteiger partial charge on any atom is -0.364 e. The normalized spacial score (nSPS) is 17.8. The Labute approximate surface area is 188 Å². The molecule has 0 bridgehead atoms. The molecule has 1 saturated heterocycles. The monoisotopic (exact) mass is 437 g/mol. The molecule has 0 radical (unpaired) electrons. The van der Waals surface area contributed by atoms with Crippen LogP contribution in [0.2, 0.25) is 5.02 Å². The fourth-order valence-electron chi connectivity index (χ4n) is 4.39. The van der Waals surface area contributed by atoms with Crippen LogP contribution in [0, 0.1) is 20.8 Å². The Morgan fingerprint density at radius 2 is 1.58 bits per heavy atom. The van der Waals surface area contributed by atoms with E-state index in [9.17, 15) is 9.59 Å². The van der Waals surface area contributed by atoms with Gasteiger partial charge in [0.2, 0.25) is 0 Å². The quantitative estimate of drug-likeness (QED) is 0.673. The molecule has 1 fully saturated rings. The van der Waals surface area contributed by atoms with Gasteiger partial charge < -0.3 is 9.80 Å². The Bertz CT molecular complexity index is 1080. The Hall–Kier alpha value is -2.63. The maximum absolute atomic E-state index is 13.7. The van der Waals surface area contributed by atoms with Gasteiger partial charge in [0.15, 0.2) is 0 Å². The summed E-state index contributed by atoms with van der Waals surface area (Å²) in [5.74, 6) is -0.561. The van der Waals surface area contributed by atoms with Gasteiger partial charge in [0.05, 0.1) is 11.3 Å². The number of likely N-dealkylation sites (N-methyl/N-ethyl adjacent to an activating group) is 1. The lowest BCUT2D eigenvalue weighted by molar-refractivity contribution is -0.120. The van der Waals surface area contributed by atoms with E-state index >= 15 is 0 Å². The van der Waals surface area contributed by atoms with Crippen molar-refractivity contribution >= 4 is 34.7 Å². The van der Waals surface area contributed by atoms with Crippen LogP contribution in [0.4, 0.5) is 5.69 Å². The molecule has 4 rings (SSSR count). The van der Waals surface area contributed by atoms with Crippen molar-refractivity contribution in [2.24, 2.45) is 0 Å². The van der Waals surface area contributed by atoms with Gasteiger partial charge in [-0.2, -0.15) is 0 Å². The van der Waals surface area contributed by atoms with Crippen LogP contribution in [0.25, 0.3) is 5.57 Å². The van der Waals surface area contributed by atoms with E-state index in [0.29, 0.717) is 22.0 Å². The molecule has 0 spiro atoms. The highest BCUT2D eigenvalue weighted by atomic mass is 35.5. The number of rotatable bonds is 4. The summed E-state index contributed by atoms with van der Waals surface area (Å²) in [6.45, 7) is 12.2. The third kappa shape index (κ3) is 3.88. The van der Waals surface area contributed by atoms with Gasteiger partial charge in [-0.3, -0.25) is 9.59 Å². The van der Waals surface area contributed by atoms with Gasteiger partial charge in [-0.15, -0.1) is 0 Å².